The summed E-state index contributed by atoms with van der Waals surface area (Å²) in [4.78, 5) is 27.2. The summed E-state index contributed by atoms with van der Waals surface area (Å²) in [6.45, 7) is 9.97. The molecule has 3 atom stereocenters. The molecule has 27 heavy (non-hydrogen) atoms. The molecule has 1 fully saturated rings. The van der Waals surface area contributed by atoms with Gasteiger partial charge in [-0.1, -0.05) is 45.0 Å². The Bertz CT molecular complexity index is 639. The maximum atomic E-state index is 12.3. The van der Waals surface area contributed by atoms with Gasteiger partial charge in [-0.3, -0.25) is 9.69 Å². The fraction of sp³-hybridized carbons (Fsp3) is 0.619. The van der Waals surface area contributed by atoms with Gasteiger partial charge in [-0.15, -0.1) is 0 Å². The number of urea groups is 1. The third-order valence-electron chi connectivity index (χ3n) is 5.20. The van der Waals surface area contributed by atoms with E-state index in [-0.39, 0.29) is 12.6 Å². The molecule has 1 aromatic rings. The second-order valence-corrected chi connectivity index (χ2v) is 8.19. The van der Waals surface area contributed by atoms with Crippen LogP contribution in [-0.4, -0.2) is 53.6 Å². The molecule has 6 heteroatoms. The Morgan fingerprint density at radius 3 is 2.41 bits per heavy atom. The summed E-state index contributed by atoms with van der Waals surface area (Å²) in [7, 11) is 1.62. The highest BCUT2D eigenvalue weighted by atomic mass is 16.4. The first-order valence-electron chi connectivity index (χ1n) is 9.77. The molecule has 3 unspecified atom stereocenters. The zero-order valence-corrected chi connectivity index (χ0v) is 16.9. The van der Waals surface area contributed by atoms with Gasteiger partial charge in [0.1, 0.15) is 0 Å². The SMILES string of the molecule is CC1CC(C)CN(Cc2ccccc2CNC(=O)N(C)CC(C)C(=O)O)C1. The monoisotopic (exact) mass is 375 g/mol. The van der Waals surface area contributed by atoms with Crippen molar-refractivity contribution in [1.82, 2.24) is 15.1 Å². The maximum Gasteiger partial charge on any atom is 0.317 e. The number of rotatable bonds is 7. The number of carbonyl (C=O) groups excluding carboxylic acids is 1. The molecule has 2 rings (SSSR count). The zero-order valence-electron chi connectivity index (χ0n) is 16.9. The number of nitrogens with one attached hydrogen (secondary N) is 1. The highest BCUT2D eigenvalue weighted by Gasteiger charge is 2.22. The van der Waals surface area contributed by atoms with Crippen LogP contribution in [0.4, 0.5) is 4.79 Å². The number of carboxylic acids is 1. The largest absolute Gasteiger partial charge is 0.481 e. The summed E-state index contributed by atoms with van der Waals surface area (Å²) in [6, 6.07) is 7.95. The van der Waals surface area contributed by atoms with Gasteiger partial charge in [-0.25, -0.2) is 4.79 Å². The second kappa shape index (κ2) is 9.74. The van der Waals surface area contributed by atoms with E-state index in [4.69, 9.17) is 5.11 Å². The van der Waals surface area contributed by atoms with Crippen LogP contribution in [0.1, 0.15) is 38.3 Å². The minimum atomic E-state index is -0.898. The van der Waals surface area contributed by atoms with Crippen molar-refractivity contribution in [3.05, 3.63) is 35.4 Å². The first kappa shape index (κ1) is 21.2. The number of nitrogens with zero attached hydrogens (tertiary/aromatic N) is 2. The van der Waals surface area contributed by atoms with E-state index < -0.39 is 11.9 Å². The Kier molecular flexibility index (Phi) is 7.66. The first-order valence-corrected chi connectivity index (χ1v) is 9.77. The van der Waals surface area contributed by atoms with Crippen LogP contribution in [0.5, 0.6) is 0 Å². The van der Waals surface area contributed by atoms with Crippen molar-refractivity contribution in [2.45, 2.75) is 40.3 Å². The van der Waals surface area contributed by atoms with Gasteiger partial charge in [0.15, 0.2) is 0 Å². The van der Waals surface area contributed by atoms with E-state index in [9.17, 15) is 9.59 Å². The third-order valence-corrected chi connectivity index (χ3v) is 5.20. The lowest BCUT2D eigenvalue weighted by Crippen LogP contribution is -2.41. The molecule has 0 bridgehead atoms. The van der Waals surface area contributed by atoms with E-state index in [0.29, 0.717) is 18.4 Å². The minimum Gasteiger partial charge on any atom is -0.481 e. The van der Waals surface area contributed by atoms with Crippen molar-refractivity contribution in [3.63, 3.8) is 0 Å². The van der Waals surface area contributed by atoms with Crippen LogP contribution in [0.3, 0.4) is 0 Å². The van der Waals surface area contributed by atoms with E-state index in [1.165, 1.54) is 16.9 Å². The molecule has 150 valence electrons. The lowest BCUT2D eigenvalue weighted by molar-refractivity contribution is -0.141. The highest BCUT2D eigenvalue weighted by molar-refractivity contribution is 5.75. The van der Waals surface area contributed by atoms with Crippen molar-refractivity contribution >= 4 is 12.0 Å². The van der Waals surface area contributed by atoms with E-state index in [2.05, 4.69) is 30.1 Å². The van der Waals surface area contributed by atoms with Gasteiger partial charge in [0.2, 0.25) is 0 Å². The molecule has 1 aromatic carbocycles. The second-order valence-electron chi connectivity index (χ2n) is 8.19. The van der Waals surface area contributed by atoms with Gasteiger partial charge in [0, 0.05) is 39.8 Å². The first-order chi connectivity index (χ1) is 12.8. The molecule has 0 radical (unpaired) electrons. The minimum absolute atomic E-state index is 0.187. The van der Waals surface area contributed by atoms with Crippen molar-refractivity contribution < 1.29 is 14.7 Å². The fourth-order valence-electron chi connectivity index (χ4n) is 3.92. The number of benzene rings is 1. The van der Waals surface area contributed by atoms with Crippen LogP contribution >= 0.6 is 0 Å². The van der Waals surface area contributed by atoms with Gasteiger partial charge >= 0.3 is 12.0 Å². The van der Waals surface area contributed by atoms with Crippen LogP contribution in [0.15, 0.2) is 24.3 Å². The van der Waals surface area contributed by atoms with Gasteiger partial charge in [-0.2, -0.15) is 0 Å². The predicted molar refractivity (Wildman–Crippen MR) is 106 cm³/mol. The van der Waals surface area contributed by atoms with E-state index >= 15 is 0 Å². The lowest BCUT2D eigenvalue weighted by Gasteiger charge is -2.35. The van der Waals surface area contributed by atoms with Crippen molar-refractivity contribution in [2.24, 2.45) is 17.8 Å². The lowest BCUT2D eigenvalue weighted by atomic mass is 9.91. The maximum absolute atomic E-state index is 12.3. The van der Waals surface area contributed by atoms with Crippen LogP contribution in [0, 0.1) is 17.8 Å². The van der Waals surface area contributed by atoms with Crippen LogP contribution < -0.4 is 5.32 Å². The van der Waals surface area contributed by atoms with Crippen LogP contribution in [-0.2, 0) is 17.9 Å². The Morgan fingerprint density at radius 2 is 1.81 bits per heavy atom. The van der Waals surface area contributed by atoms with E-state index in [1.54, 1.807) is 14.0 Å². The third kappa shape index (κ3) is 6.54. The van der Waals surface area contributed by atoms with Crippen molar-refractivity contribution in [3.8, 4) is 0 Å². The standard InChI is InChI=1S/C21H33N3O3/c1-15-9-16(2)12-24(11-15)14-19-8-6-5-7-18(19)10-22-21(27)23(4)13-17(3)20(25)26/h5-8,15-17H,9-14H2,1-4H3,(H,22,27)(H,25,26). The Morgan fingerprint density at radius 1 is 1.22 bits per heavy atom. The molecular weight excluding hydrogens is 342 g/mol. The van der Waals surface area contributed by atoms with Gasteiger partial charge in [0.05, 0.1) is 5.92 Å². The van der Waals surface area contributed by atoms with Crippen molar-refractivity contribution in [2.75, 3.05) is 26.7 Å². The summed E-state index contributed by atoms with van der Waals surface area (Å²) in [5.41, 5.74) is 2.34. The highest BCUT2D eigenvalue weighted by Crippen LogP contribution is 2.23. The number of amides is 2. The molecule has 6 nitrogen and oxygen atoms in total. The average Bonchev–Trinajstić information content (AvgIpc) is 2.59. The molecule has 2 N–H and O–H groups in total. The quantitative estimate of drug-likeness (QED) is 0.768. The molecule has 0 saturated carbocycles. The number of carboxylic acid groups (broad SMARTS) is 1. The fourth-order valence-corrected chi connectivity index (χ4v) is 3.92. The molecule has 0 aromatic heterocycles. The smallest absolute Gasteiger partial charge is 0.317 e. The number of hydrogen-bond acceptors (Lipinski definition) is 3. The van der Waals surface area contributed by atoms with Crippen molar-refractivity contribution in [1.29, 1.82) is 0 Å². The Labute approximate surface area is 162 Å². The predicted octanol–water partition coefficient (Wildman–Crippen LogP) is 3.03. The van der Waals surface area contributed by atoms with E-state index in [0.717, 1.165) is 25.2 Å². The summed E-state index contributed by atoms with van der Waals surface area (Å²) in [6.07, 6.45) is 1.29. The molecule has 1 aliphatic heterocycles. The molecule has 0 spiro atoms. The Balaban J connectivity index is 1.93. The number of hydrogen-bond donors (Lipinski definition) is 2. The normalized spacial score (nSPS) is 21.5. The zero-order chi connectivity index (χ0) is 20.0. The number of piperidine rings is 1. The van der Waals surface area contributed by atoms with E-state index in [1.807, 2.05) is 18.2 Å². The Hall–Kier alpha value is -2.08. The van der Waals surface area contributed by atoms with Gasteiger partial charge in [0.25, 0.3) is 0 Å². The summed E-state index contributed by atoms with van der Waals surface area (Å²) < 4.78 is 0. The molecule has 1 heterocycles. The number of carbonyl (C=O) groups is 2. The summed E-state index contributed by atoms with van der Waals surface area (Å²) in [5, 5.41) is 11.9. The summed E-state index contributed by atoms with van der Waals surface area (Å²) >= 11 is 0. The summed E-state index contributed by atoms with van der Waals surface area (Å²) in [5.74, 6) is -0.0583. The molecular formula is C21H33N3O3. The van der Waals surface area contributed by atoms with Crippen LogP contribution in [0.2, 0.25) is 0 Å². The van der Waals surface area contributed by atoms with Gasteiger partial charge < -0.3 is 15.3 Å². The van der Waals surface area contributed by atoms with Gasteiger partial charge in [-0.05, 0) is 29.4 Å². The molecule has 0 aliphatic carbocycles. The molecule has 1 saturated heterocycles. The molecule has 1 aliphatic rings. The van der Waals surface area contributed by atoms with Crippen LogP contribution in [0.25, 0.3) is 0 Å². The number of aliphatic carboxylic acids is 1. The molecule has 2 amide bonds. The average molecular weight is 376 g/mol. The number of likely N-dealkylation sites (tertiary alicyclic amines) is 1. The topological polar surface area (TPSA) is 72.9 Å².